The van der Waals surface area contributed by atoms with Crippen LogP contribution in [0.25, 0.3) is 0 Å². The second-order valence-corrected chi connectivity index (χ2v) is 16.7. The highest BCUT2D eigenvalue weighted by atomic mass is 32.2. The van der Waals surface area contributed by atoms with Gasteiger partial charge in [0.2, 0.25) is 20.0 Å². The van der Waals surface area contributed by atoms with Gasteiger partial charge in [0.05, 0.1) is 47.5 Å². The summed E-state index contributed by atoms with van der Waals surface area (Å²) in [4.78, 5) is 11.0. The molecule has 0 aliphatic carbocycles. The van der Waals surface area contributed by atoms with E-state index in [0.29, 0.717) is 0 Å². The third-order valence-corrected chi connectivity index (χ3v) is 12.4. The summed E-state index contributed by atoms with van der Waals surface area (Å²) in [5.74, 6) is 0. The summed E-state index contributed by atoms with van der Waals surface area (Å²) >= 11 is 0. The normalized spacial score (nSPS) is 13.5. The molecule has 0 radical (unpaired) electrons. The van der Waals surface area contributed by atoms with Crippen LogP contribution < -0.4 is 0 Å². The monoisotopic (exact) mass is 778 g/mol. The van der Waals surface area contributed by atoms with Gasteiger partial charge in [-0.05, 0) is 74.9 Å². The molecule has 4 rings (SSSR count). The first-order chi connectivity index (χ1) is 26.0. The predicted molar refractivity (Wildman–Crippen MR) is 210 cm³/mol. The molecule has 54 heavy (non-hydrogen) atoms. The van der Waals surface area contributed by atoms with Crippen LogP contribution in [-0.4, -0.2) is 86.5 Å². The average Bonchev–Trinajstić information content (AvgIpc) is 3.17. The Morgan fingerprint density at radius 1 is 0.574 bits per heavy atom. The zero-order valence-corrected chi connectivity index (χ0v) is 32.4. The molecule has 0 bridgehead atoms. The van der Waals surface area contributed by atoms with E-state index in [0.717, 1.165) is 22.3 Å². The Hall–Kier alpha value is -4.44. The number of sulfonamides is 2. The number of aryl methyl sites for hydroxylation is 2. The lowest BCUT2D eigenvalue weighted by Gasteiger charge is -2.24. The minimum Gasteiger partial charge on any atom is -0.391 e. The summed E-state index contributed by atoms with van der Waals surface area (Å²) < 4.78 is 56.8. The van der Waals surface area contributed by atoms with E-state index in [1.54, 1.807) is 48.5 Å². The second kappa shape index (κ2) is 21.4. The maximum atomic E-state index is 13.6. The molecular weight excluding hydrogens is 729 g/mol. The van der Waals surface area contributed by atoms with Gasteiger partial charge >= 0.3 is 0 Å². The van der Waals surface area contributed by atoms with Gasteiger partial charge in [-0.3, -0.25) is 0 Å². The maximum absolute atomic E-state index is 13.6. The Balaban J connectivity index is 1.31. The molecule has 290 valence electrons. The number of nitrogens with zero attached hydrogens (tertiary/aromatic N) is 4. The van der Waals surface area contributed by atoms with Gasteiger partial charge in [-0.2, -0.15) is 8.61 Å². The van der Waals surface area contributed by atoms with Gasteiger partial charge in [0.1, 0.15) is 13.2 Å². The van der Waals surface area contributed by atoms with Crippen LogP contribution in [0.5, 0.6) is 0 Å². The number of aliphatic hydroxyl groups excluding tert-OH is 2. The third-order valence-electron chi connectivity index (χ3n) is 8.59. The molecule has 14 heteroatoms. The SMILES string of the molecule is Cc1ccc(S(=O)(=O)N(C/C=N/OCc2ccccc2)CCCC(O)C(O)CCCN(C/C=N/OCc2ccccc2)S(=O)(=O)c2ccc(C)cc2)cc1. The zero-order chi connectivity index (χ0) is 38.8. The highest BCUT2D eigenvalue weighted by Gasteiger charge is 2.26. The predicted octanol–water partition coefficient (Wildman–Crippen LogP) is 5.67. The molecule has 12 nitrogen and oxygen atoms in total. The second-order valence-electron chi connectivity index (χ2n) is 12.9. The third kappa shape index (κ3) is 13.4. The molecule has 0 spiro atoms. The molecule has 2 N–H and O–H groups in total. The van der Waals surface area contributed by atoms with Crippen molar-refractivity contribution in [3.8, 4) is 0 Å². The van der Waals surface area contributed by atoms with Gasteiger partial charge in [-0.1, -0.05) is 106 Å². The van der Waals surface area contributed by atoms with Crippen molar-refractivity contribution >= 4 is 32.5 Å². The Morgan fingerprint density at radius 2 is 0.926 bits per heavy atom. The first kappa shape index (κ1) is 42.3. The van der Waals surface area contributed by atoms with Crippen molar-refractivity contribution in [3.05, 3.63) is 131 Å². The smallest absolute Gasteiger partial charge is 0.243 e. The first-order valence-corrected chi connectivity index (χ1v) is 20.7. The van der Waals surface area contributed by atoms with Gasteiger partial charge in [-0.15, -0.1) is 0 Å². The molecule has 0 fully saturated rings. The van der Waals surface area contributed by atoms with Crippen LogP contribution >= 0.6 is 0 Å². The van der Waals surface area contributed by atoms with Gasteiger partial charge in [0, 0.05) is 13.1 Å². The van der Waals surface area contributed by atoms with Crippen molar-refractivity contribution in [2.24, 2.45) is 10.3 Å². The van der Waals surface area contributed by atoms with Crippen LogP contribution in [0, 0.1) is 13.8 Å². The molecule has 2 atom stereocenters. The highest BCUT2D eigenvalue weighted by Crippen LogP contribution is 2.20. The van der Waals surface area contributed by atoms with Crippen molar-refractivity contribution in [1.29, 1.82) is 0 Å². The molecule has 0 heterocycles. The van der Waals surface area contributed by atoms with E-state index >= 15 is 0 Å². The van der Waals surface area contributed by atoms with Crippen molar-refractivity contribution in [1.82, 2.24) is 8.61 Å². The Labute approximate surface area is 319 Å². The first-order valence-electron chi connectivity index (χ1n) is 17.8. The van der Waals surface area contributed by atoms with Gasteiger partial charge < -0.3 is 19.9 Å². The van der Waals surface area contributed by atoms with Gasteiger partial charge in [-0.25, -0.2) is 16.8 Å². The summed E-state index contributed by atoms with van der Waals surface area (Å²) in [6, 6.07) is 32.0. The van der Waals surface area contributed by atoms with Crippen LogP contribution in [0.15, 0.2) is 129 Å². The summed E-state index contributed by atoms with van der Waals surface area (Å²) in [7, 11) is -7.81. The number of rotatable bonds is 23. The molecule has 0 aliphatic heterocycles. The molecule has 2 unspecified atom stereocenters. The topological polar surface area (TPSA) is 158 Å². The minimum atomic E-state index is -3.90. The number of oxime groups is 2. The average molecular weight is 779 g/mol. The maximum Gasteiger partial charge on any atom is 0.243 e. The molecule has 4 aromatic carbocycles. The summed E-state index contributed by atoms with van der Waals surface area (Å²) in [6.07, 6.45) is 1.16. The van der Waals surface area contributed by atoms with E-state index in [4.69, 9.17) is 9.68 Å². The standard InChI is InChI=1S/C40H50N4O8S2/c1-33-17-21-37(22-18-33)53(47,48)43(29-25-41-51-31-35-11-5-3-6-12-35)27-9-15-39(45)40(46)16-10-28-44(54(49,50)38-23-19-34(2)20-24-38)30-26-42-52-32-36-13-7-4-8-14-36/h3-8,11-14,17-26,39-40,45-46H,9-10,15-16,27-32H2,1-2H3/b41-25+,42-26+. The Morgan fingerprint density at radius 3 is 1.28 bits per heavy atom. The van der Waals surface area contributed by atoms with Gasteiger partial charge in [0.25, 0.3) is 0 Å². The highest BCUT2D eigenvalue weighted by molar-refractivity contribution is 7.89. The molecule has 0 saturated heterocycles. The van der Waals surface area contributed by atoms with E-state index in [1.807, 2.05) is 74.5 Å². The van der Waals surface area contributed by atoms with Crippen LogP contribution in [0.1, 0.15) is 47.9 Å². The summed E-state index contributed by atoms with van der Waals surface area (Å²) in [5, 5.41) is 29.5. The van der Waals surface area contributed by atoms with Crippen LogP contribution in [-0.2, 0) is 42.9 Å². The van der Waals surface area contributed by atoms with E-state index < -0.39 is 32.3 Å². The zero-order valence-electron chi connectivity index (χ0n) is 30.7. The Kier molecular flexibility index (Phi) is 16.8. The van der Waals surface area contributed by atoms with Crippen molar-refractivity contribution in [3.63, 3.8) is 0 Å². The summed E-state index contributed by atoms with van der Waals surface area (Å²) in [6.45, 7) is 4.20. The van der Waals surface area contributed by atoms with Crippen LogP contribution in [0.4, 0.5) is 0 Å². The number of benzene rings is 4. The quantitative estimate of drug-likeness (QED) is 0.0720. The van der Waals surface area contributed by atoms with Crippen molar-refractivity contribution in [2.45, 2.75) is 74.7 Å². The van der Waals surface area contributed by atoms with E-state index in [9.17, 15) is 27.0 Å². The van der Waals surface area contributed by atoms with Gasteiger partial charge in [0.15, 0.2) is 0 Å². The number of aliphatic hydroxyl groups is 2. The molecule has 0 aromatic heterocycles. The van der Waals surface area contributed by atoms with E-state index in [1.165, 1.54) is 21.0 Å². The molecular formula is C40H50N4O8S2. The number of hydrogen-bond donors (Lipinski definition) is 2. The largest absolute Gasteiger partial charge is 0.391 e. The lowest BCUT2D eigenvalue weighted by Crippen LogP contribution is -2.36. The van der Waals surface area contributed by atoms with E-state index in [-0.39, 0.29) is 74.9 Å². The van der Waals surface area contributed by atoms with Crippen molar-refractivity contribution in [2.75, 3.05) is 26.2 Å². The van der Waals surface area contributed by atoms with E-state index in [2.05, 4.69) is 10.3 Å². The lowest BCUT2D eigenvalue weighted by molar-refractivity contribution is 0.00686. The molecule has 0 amide bonds. The Bertz CT molecular complexity index is 1820. The van der Waals surface area contributed by atoms with Crippen LogP contribution in [0.3, 0.4) is 0 Å². The van der Waals surface area contributed by atoms with Crippen molar-refractivity contribution < 1.29 is 36.7 Å². The lowest BCUT2D eigenvalue weighted by atomic mass is 10.0. The minimum absolute atomic E-state index is 0.0545. The molecule has 0 saturated carbocycles. The fraction of sp³-hybridized carbons (Fsp3) is 0.350. The fourth-order valence-corrected chi connectivity index (χ4v) is 8.22. The molecule has 4 aromatic rings. The number of hydrogen-bond acceptors (Lipinski definition) is 10. The fourth-order valence-electron chi connectivity index (χ4n) is 5.40. The van der Waals surface area contributed by atoms with Crippen LogP contribution in [0.2, 0.25) is 0 Å². The summed E-state index contributed by atoms with van der Waals surface area (Å²) in [5.41, 5.74) is 3.69. The molecule has 0 aliphatic rings.